The number of hydrogen-bond donors (Lipinski definition) is 1. The summed E-state index contributed by atoms with van der Waals surface area (Å²) in [4.78, 5) is 8.39. The van der Waals surface area contributed by atoms with Gasteiger partial charge in [0.1, 0.15) is 17.3 Å². The first-order valence-corrected chi connectivity index (χ1v) is 5.70. The second-order valence-electron chi connectivity index (χ2n) is 3.44. The van der Waals surface area contributed by atoms with E-state index in [9.17, 15) is 0 Å². The monoisotopic (exact) mass is 264 g/mol. The Morgan fingerprint density at radius 3 is 2.78 bits per heavy atom. The van der Waals surface area contributed by atoms with Crippen molar-refractivity contribution in [3.63, 3.8) is 0 Å². The molecular weight excluding hydrogens is 252 g/mol. The van der Waals surface area contributed by atoms with E-state index in [-0.39, 0.29) is 0 Å². The zero-order chi connectivity index (χ0) is 13.0. The molecule has 0 aliphatic carbocycles. The molecule has 0 unspecified atom stereocenters. The number of methoxy groups -OCH3 is 1. The number of halogens is 1. The fourth-order valence-electron chi connectivity index (χ4n) is 1.48. The second kappa shape index (κ2) is 5.55. The lowest BCUT2D eigenvalue weighted by molar-refractivity contribution is 0.416. The standard InChI is InChI=1S/C12H13ClN4O/c1-14-11-7-8-15-12(16-11)17(13)9-5-3-4-6-10(9)18-2/h3-8H,1-2H3,(H,14,15,16). The van der Waals surface area contributed by atoms with Crippen LogP contribution in [0.2, 0.25) is 0 Å². The average Bonchev–Trinajstić information content (AvgIpc) is 2.46. The molecule has 0 spiro atoms. The van der Waals surface area contributed by atoms with Crippen LogP contribution in [-0.2, 0) is 0 Å². The van der Waals surface area contributed by atoms with E-state index >= 15 is 0 Å². The van der Waals surface area contributed by atoms with E-state index in [1.54, 1.807) is 26.4 Å². The molecule has 0 bridgehead atoms. The lowest BCUT2D eigenvalue weighted by Gasteiger charge is -2.16. The van der Waals surface area contributed by atoms with Gasteiger partial charge in [0.05, 0.1) is 7.11 Å². The van der Waals surface area contributed by atoms with Gasteiger partial charge in [-0.15, -0.1) is 0 Å². The van der Waals surface area contributed by atoms with Crippen LogP contribution in [-0.4, -0.2) is 24.1 Å². The molecule has 1 heterocycles. The van der Waals surface area contributed by atoms with Gasteiger partial charge < -0.3 is 10.1 Å². The summed E-state index contributed by atoms with van der Waals surface area (Å²) >= 11 is 6.25. The number of anilines is 3. The van der Waals surface area contributed by atoms with Crippen molar-refractivity contribution in [2.45, 2.75) is 0 Å². The summed E-state index contributed by atoms with van der Waals surface area (Å²) in [6.45, 7) is 0. The van der Waals surface area contributed by atoms with Crippen LogP contribution in [0.15, 0.2) is 36.5 Å². The predicted octanol–water partition coefficient (Wildman–Crippen LogP) is 2.82. The third kappa shape index (κ3) is 2.46. The molecule has 0 aliphatic rings. The van der Waals surface area contributed by atoms with Crippen molar-refractivity contribution >= 4 is 29.2 Å². The maximum absolute atomic E-state index is 6.25. The van der Waals surface area contributed by atoms with Crippen LogP contribution >= 0.6 is 11.8 Å². The van der Waals surface area contributed by atoms with Crippen molar-refractivity contribution in [3.05, 3.63) is 36.5 Å². The van der Waals surface area contributed by atoms with Crippen LogP contribution in [0, 0.1) is 0 Å². The second-order valence-corrected chi connectivity index (χ2v) is 3.78. The van der Waals surface area contributed by atoms with E-state index in [0.717, 1.165) is 0 Å². The van der Waals surface area contributed by atoms with Gasteiger partial charge in [-0.2, -0.15) is 4.98 Å². The van der Waals surface area contributed by atoms with E-state index in [2.05, 4.69) is 15.3 Å². The molecule has 94 valence electrons. The molecule has 0 saturated heterocycles. The quantitative estimate of drug-likeness (QED) is 0.861. The van der Waals surface area contributed by atoms with Gasteiger partial charge in [0.2, 0.25) is 5.95 Å². The minimum absolute atomic E-state index is 0.382. The number of para-hydroxylation sites is 2. The molecule has 1 aromatic heterocycles. The summed E-state index contributed by atoms with van der Waals surface area (Å²) in [6, 6.07) is 9.16. The van der Waals surface area contributed by atoms with E-state index in [1.165, 1.54) is 4.42 Å². The summed E-state index contributed by atoms with van der Waals surface area (Å²) in [7, 11) is 3.38. The average molecular weight is 265 g/mol. The lowest BCUT2D eigenvalue weighted by atomic mass is 10.3. The number of rotatable bonds is 4. The Hall–Kier alpha value is -2.01. The fraction of sp³-hybridized carbons (Fsp3) is 0.167. The maximum atomic E-state index is 6.25. The van der Waals surface area contributed by atoms with Gasteiger partial charge in [0, 0.05) is 25.0 Å². The largest absolute Gasteiger partial charge is 0.495 e. The summed E-state index contributed by atoms with van der Waals surface area (Å²) in [6.07, 6.45) is 1.64. The topological polar surface area (TPSA) is 50.3 Å². The zero-order valence-electron chi connectivity index (χ0n) is 10.1. The molecule has 2 aromatic rings. The Labute approximate surface area is 110 Å². The molecule has 6 heteroatoms. The number of nitrogens with zero attached hydrogens (tertiary/aromatic N) is 3. The summed E-state index contributed by atoms with van der Waals surface area (Å²) in [5.41, 5.74) is 0.690. The Morgan fingerprint density at radius 1 is 1.28 bits per heavy atom. The number of benzene rings is 1. The zero-order valence-corrected chi connectivity index (χ0v) is 10.8. The molecule has 1 aromatic carbocycles. The van der Waals surface area contributed by atoms with E-state index in [1.807, 2.05) is 24.3 Å². The van der Waals surface area contributed by atoms with Crippen LogP contribution < -0.4 is 14.5 Å². The van der Waals surface area contributed by atoms with Gasteiger partial charge in [0.25, 0.3) is 0 Å². The molecule has 0 saturated carbocycles. The van der Waals surface area contributed by atoms with Crippen LogP contribution in [0.5, 0.6) is 5.75 Å². The summed E-state index contributed by atoms with van der Waals surface area (Å²) in [5.74, 6) is 1.74. The molecule has 5 nitrogen and oxygen atoms in total. The van der Waals surface area contributed by atoms with E-state index in [4.69, 9.17) is 16.5 Å². The molecule has 0 atom stereocenters. The minimum atomic E-state index is 0.382. The van der Waals surface area contributed by atoms with Crippen molar-refractivity contribution in [3.8, 4) is 5.75 Å². The number of aromatic nitrogens is 2. The van der Waals surface area contributed by atoms with Crippen LogP contribution in [0.25, 0.3) is 0 Å². The SMILES string of the molecule is CNc1ccnc(N(Cl)c2ccccc2OC)n1. The molecular formula is C12H13ClN4O. The molecule has 1 N–H and O–H groups in total. The first kappa shape index (κ1) is 12.4. The Kier molecular flexibility index (Phi) is 3.84. The molecule has 0 amide bonds. The third-order valence-corrected chi connectivity index (χ3v) is 2.70. The molecule has 18 heavy (non-hydrogen) atoms. The molecule has 0 radical (unpaired) electrons. The minimum Gasteiger partial charge on any atom is -0.495 e. The van der Waals surface area contributed by atoms with Gasteiger partial charge >= 0.3 is 0 Å². The first-order valence-electron chi connectivity index (χ1n) is 5.36. The Bertz CT molecular complexity index is 535. The van der Waals surface area contributed by atoms with Crippen molar-refractivity contribution in [2.75, 3.05) is 23.9 Å². The number of nitrogens with one attached hydrogen (secondary N) is 1. The summed E-state index contributed by atoms with van der Waals surface area (Å²) < 4.78 is 6.61. The van der Waals surface area contributed by atoms with Crippen LogP contribution in [0.4, 0.5) is 17.5 Å². The van der Waals surface area contributed by atoms with Crippen LogP contribution in [0.3, 0.4) is 0 Å². The highest BCUT2D eigenvalue weighted by Crippen LogP contribution is 2.33. The van der Waals surface area contributed by atoms with Gasteiger partial charge in [-0.05, 0) is 18.2 Å². The van der Waals surface area contributed by atoms with Crippen molar-refractivity contribution in [1.29, 1.82) is 0 Å². The maximum Gasteiger partial charge on any atom is 0.247 e. The Balaban J connectivity index is 2.37. The highest BCUT2D eigenvalue weighted by molar-refractivity contribution is 6.29. The predicted molar refractivity (Wildman–Crippen MR) is 72.6 cm³/mol. The number of hydrogen-bond acceptors (Lipinski definition) is 5. The third-order valence-electron chi connectivity index (χ3n) is 2.37. The fourth-order valence-corrected chi connectivity index (χ4v) is 1.70. The molecule has 0 fully saturated rings. The molecule has 2 rings (SSSR count). The number of ether oxygens (including phenoxy) is 1. The lowest BCUT2D eigenvalue weighted by Crippen LogP contribution is -2.08. The van der Waals surface area contributed by atoms with Crippen molar-refractivity contribution in [1.82, 2.24) is 9.97 Å². The highest BCUT2D eigenvalue weighted by atomic mass is 35.5. The van der Waals surface area contributed by atoms with Crippen molar-refractivity contribution in [2.24, 2.45) is 0 Å². The van der Waals surface area contributed by atoms with Gasteiger partial charge in [-0.3, -0.25) is 0 Å². The van der Waals surface area contributed by atoms with Gasteiger partial charge in [0.15, 0.2) is 0 Å². The summed E-state index contributed by atoms with van der Waals surface area (Å²) in [5, 5.41) is 2.93. The van der Waals surface area contributed by atoms with E-state index < -0.39 is 0 Å². The van der Waals surface area contributed by atoms with Crippen LogP contribution in [0.1, 0.15) is 0 Å². The first-order chi connectivity index (χ1) is 8.76. The van der Waals surface area contributed by atoms with Gasteiger partial charge in [-0.25, -0.2) is 9.40 Å². The molecule has 0 aliphatic heterocycles. The van der Waals surface area contributed by atoms with Crippen molar-refractivity contribution < 1.29 is 4.74 Å². The Morgan fingerprint density at radius 2 is 2.06 bits per heavy atom. The smallest absolute Gasteiger partial charge is 0.247 e. The normalized spacial score (nSPS) is 9.94. The van der Waals surface area contributed by atoms with Gasteiger partial charge in [-0.1, -0.05) is 12.1 Å². The van der Waals surface area contributed by atoms with E-state index in [0.29, 0.717) is 23.2 Å². The highest BCUT2D eigenvalue weighted by Gasteiger charge is 2.14.